The van der Waals surface area contributed by atoms with Gasteiger partial charge in [0.2, 0.25) is 0 Å². The number of hydroxylamine groups is 1. The van der Waals surface area contributed by atoms with E-state index in [1.807, 2.05) is 5.48 Å². The van der Waals surface area contributed by atoms with E-state index in [9.17, 15) is 9.59 Å². The van der Waals surface area contributed by atoms with Crippen LogP contribution in [0.1, 0.15) is 43.7 Å². The number of carbonyl (C=O) groups is 2. The second kappa shape index (κ2) is 8.92. The molecule has 0 saturated carbocycles. The Morgan fingerprint density at radius 3 is 2.52 bits per heavy atom. The molecular formula is C21H23N5O5. The monoisotopic (exact) mass is 425 g/mol. The fourth-order valence-electron chi connectivity index (χ4n) is 2.73. The number of aliphatic imine (C=N–C) groups is 1. The molecule has 0 bridgehead atoms. The first-order valence-electron chi connectivity index (χ1n) is 9.47. The third-order valence-electron chi connectivity index (χ3n) is 3.98. The largest absolute Gasteiger partial charge is 0.460 e. The van der Waals surface area contributed by atoms with Crippen molar-refractivity contribution in [1.29, 1.82) is 0 Å². The van der Waals surface area contributed by atoms with Crippen molar-refractivity contribution in [3.05, 3.63) is 54.0 Å². The predicted octanol–water partition coefficient (Wildman–Crippen LogP) is 2.86. The Kier molecular flexibility index (Phi) is 6.30. The zero-order valence-corrected chi connectivity index (χ0v) is 17.6. The number of benzene rings is 1. The number of ether oxygens (including phenoxy) is 2. The lowest BCUT2D eigenvalue weighted by Crippen LogP contribution is -2.25. The van der Waals surface area contributed by atoms with E-state index in [0.717, 1.165) is 0 Å². The number of hydrogen-bond acceptors (Lipinski definition) is 8. The summed E-state index contributed by atoms with van der Waals surface area (Å²) in [6.07, 6.45) is 1.31. The molecule has 162 valence electrons. The number of amidine groups is 1. The van der Waals surface area contributed by atoms with Crippen LogP contribution in [-0.2, 0) is 16.0 Å². The van der Waals surface area contributed by atoms with Crippen LogP contribution in [0.2, 0.25) is 0 Å². The topological polar surface area (TPSA) is 127 Å². The van der Waals surface area contributed by atoms with Crippen molar-refractivity contribution < 1.29 is 24.3 Å². The molecule has 3 rings (SSSR count). The maximum atomic E-state index is 12.5. The maximum Gasteiger partial charge on any atom is 0.343 e. The van der Waals surface area contributed by atoms with Gasteiger partial charge in [-0.05, 0) is 64.1 Å². The van der Waals surface area contributed by atoms with E-state index >= 15 is 0 Å². The summed E-state index contributed by atoms with van der Waals surface area (Å²) in [6, 6.07) is 9.56. The molecule has 1 aromatic carbocycles. The third kappa shape index (κ3) is 5.64. The van der Waals surface area contributed by atoms with Crippen LogP contribution >= 0.6 is 0 Å². The summed E-state index contributed by atoms with van der Waals surface area (Å²) < 4.78 is 12.3. The number of rotatable bonds is 5. The summed E-state index contributed by atoms with van der Waals surface area (Å²) in [7, 11) is 0. The van der Waals surface area contributed by atoms with Crippen LogP contribution in [0.4, 0.5) is 5.69 Å². The average molecular weight is 425 g/mol. The van der Waals surface area contributed by atoms with E-state index in [4.69, 9.17) is 14.7 Å². The van der Waals surface area contributed by atoms with Crippen LogP contribution in [0.3, 0.4) is 0 Å². The maximum absolute atomic E-state index is 12.5. The number of hydrogen-bond donors (Lipinski definition) is 2. The van der Waals surface area contributed by atoms with Gasteiger partial charge in [-0.2, -0.15) is 5.10 Å². The predicted molar refractivity (Wildman–Crippen MR) is 112 cm³/mol. The lowest BCUT2D eigenvalue weighted by atomic mass is 10.2. The van der Waals surface area contributed by atoms with E-state index in [1.165, 1.54) is 10.8 Å². The van der Waals surface area contributed by atoms with Gasteiger partial charge in [0, 0.05) is 0 Å². The zero-order chi connectivity index (χ0) is 22.6. The molecule has 0 spiro atoms. The van der Waals surface area contributed by atoms with E-state index < -0.39 is 17.5 Å². The van der Waals surface area contributed by atoms with E-state index in [1.54, 1.807) is 64.1 Å². The van der Waals surface area contributed by atoms with Crippen LogP contribution in [0.25, 0.3) is 5.65 Å². The number of carbonyl (C=O) groups excluding carboxylic acids is 2. The molecule has 0 aliphatic heterocycles. The summed E-state index contributed by atoms with van der Waals surface area (Å²) in [5, 5.41) is 12.9. The zero-order valence-electron chi connectivity index (χ0n) is 17.6. The highest BCUT2D eigenvalue weighted by Gasteiger charge is 2.20. The molecule has 0 aliphatic rings. The summed E-state index contributed by atoms with van der Waals surface area (Å²) in [5.41, 5.74) is 3.07. The fourth-order valence-corrected chi connectivity index (χ4v) is 2.73. The quantitative estimate of drug-likeness (QED) is 0.276. The van der Waals surface area contributed by atoms with Crippen LogP contribution in [-0.4, -0.2) is 43.2 Å². The Morgan fingerprint density at radius 1 is 1.16 bits per heavy atom. The number of fused-ring (bicyclic) bond motifs is 1. The van der Waals surface area contributed by atoms with Crippen LogP contribution in [0.15, 0.2) is 47.7 Å². The van der Waals surface area contributed by atoms with Gasteiger partial charge in [0.25, 0.3) is 0 Å². The summed E-state index contributed by atoms with van der Waals surface area (Å²) in [4.78, 5) is 32.9. The second-order valence-corrected chi connectivity index (χ2v) is 7.69. The van der Waals surface area contributed by atoms with E-state index in [-0.39, 0.29) is 12.2 Å². The Hall–Kier alpha value is -3.79. The van der Waals surface area contributed by atoms with Gasteiger partial charge in [-0.1, -0.05) is 0 Å². The van der Waals surface area contributed by atoms with Crippen molar-refractivity contribution >= 4 is 29.1 Å². The molecule has 10 heteroatoms. The molecule has 0 radical (unpaired) electrons. The number of nitrogens with one attached hydrogen (secondary N) is 1. The summed E-state index contributed by atoms with van der Waals surface area (Å²) in [6.45, 7) is 6.98. The van der Waals surface area contributed by atoms with Crippen LogP contribution in [0, 0.1) is 0 Å². The molecule has 0 unspecified atom stereocenters. The van der Waals surface area contributed by atoms with Crippen molar-refractivity contribution in [3.8, 4) is 5.75 Å². The highest BCUT2D eigenvalue weighted by atomic mass is 16.6. The first-order valence-corrected chi connectivity index (χ1v) is 9.47. The average Bonchev–Trinajstić information content (AvgIpc) is 3.19. The molecule has 10 nitrogen and oxygen atoms in total. The molecule has 0 saturated heterocycles. The van der Waals surface area contributed by atoms with Gasteiger partial charge in [0.15, 0.2) is 11.4 Å². The Balaban J connectivity index is 1.77. The Morgan fingerprint density at radius 2 is 1.87 bits per heavy atom. The van der Waals surface area contributed by atoms with Crippen molar-refractivity contribution in [1.82, 2.24) is 20.1 Å². The lowest BCUT2D eigenvalue weighted by molar-refractivity contribution is -0.154. The van der Waals surface area contributed by atoms with Crippen molar-refractivity contribution in [2.24, 2.45) is 4.99 Å². The SMILES string of the molecule is CC(=Nc1ccc(C(=O)Oc2ccc(CC(=O)OC(C)(C)C)n3ncnc23)cc1)NO. The number of nitrogens with zero attached hydrogens (tertiary/aromatic N) is 4. The summed E-state index contributed by atoms with van der Waals surface area (Å²) in [5.74, 6) is -0.463. The first-order chi connectivity index (χ1) is 14.7. The molecular weight excluding hydrogens is 402 g/mol. The normalized spacial score (nSPS) is 12.0. The smallest absolute Gasteiger partial charge is 0.343 e. The van der Waals surface area contributed by atoms with E-state index in [0.29, 0.717) is 28.4 Å². The molecule has 3 aromatic rings. The van der Waals surface area contributed by atoms with Gasteiger partial charge in [-0.25, -0.2) is 19.3 Å². The molecule has 31 heavy (non-hydrogen) atoms. The first kappa shape index (κ1) is 21.9. The molecule has 2 N–H and O–H groups in total. The minimum Gasteiger partial charge on any atom is -0.460 e. The fraction of sp³-hybridized carbons (Fsp3) is 0.286. The highest BCUT2D eigenvalue weighted by molar-refractivity contribution is 5.92. The minimum absolute atomic E-state index is 0.00451. The molecule has 0 aliphatic carbocycles. The van der Waals surface area contributed by atoms with Crippen molar-refractivity contribution in [3.63, 3.8) is 0 Å². The molecule has 2 aromatic heterocycles. The molecule has 0 atom stereocenters. The van der Waals surface area contributed by atoms with Gasteiger partial charge in [0.1, 0.15) is 17.8 Å². The van der Waals surface area contributed by atoms with Crippen LogP contribution < -0.4 is 10.2 Å². The Bertz CT molecular complexity index is 1130. The highest BCUT2D eigenvalue weighted by Crippen LogP contribution is 2.22. The minimum atomic E-state index is -0.595. The molecule has 0 amide bonds. The number of pyridine rings is 1. The van der Waals surface area contributed by atoms with Crippen molar-refractivity contribution in [2.45, 2.75) is 39.7 Å². The van der Waals surface area contributed by atoms with Crippen LogP contribution in [0.5, 0.6) is 5.75 Å². The van der Waals surface area contributed by atoms with Gasteiger partial charge in [0.05, 0.1) is 23.4 Å². The van der Waals surface area contributed by atoms with Crippen molar-refractivity contribution in [2.75, 3.05) is 0 Å². The molecule has 2 heterocycles. The standard InChI is InChI=1S/C21H23N5O5/c1-13(25-29)24-15-7-5-14(6-8-15)20(28)30-17-10-9-16(26-19(17)22-12-23-26)11-18(27)31-21(2,3)4/h5-10,12,29H,11H2,1-4H3,(H,24,25). The number of esters is 2. The van der Waals surface area contributed by atoms with Gasteiger partial charge in [-0.15, -0.1) is 0 Å². The second-order valence-electron chi connectivity index (χ2n) is 7.69. The lowest BCUT2D eigenvalue weighted by Gasteiger charge is -2.19. The van der Waals surface area contributed by atoms with Gasteiger partial charge in [-0.3, -0.25) is 15.5 Å². The van der Waals surface area contributed by atoms with Gasteiger partial charge < -0.3 is 9.47 Å². The van der Waals surface area contributed by atoms with Gasteiger partial charge >= 0.3 is 11.9 Å². The van der Waals surface area contributed by atoms with E-state index in [2.05, 4.69) is 15.1 Å². The third-order valence-corrected chi connectivity index (χ3v) is 3.98. The number of aromatic nitrogens is 3. The molecule has 0 fully saturated rings. The summed E-state index contributed by atoms with van der Waals surface area (Å²) >= 11 is 0. The Labute approximate surface area is 178 Å².